The normalized spacial score (nSPS) is 27.4. The Kier molecular flexibility index (Phi) is 4.13. The number of aliphatic hydroxyl groups is 1. The molecule has 0 radical (unpaired) electrons. The fourth-order valence-corrected chi connectivity index (χ4v) is 3.59. The van der Waals surface area contributed by atoms with Crippen LogP contribution in [-0.4, -0.2) is 42.4 Å². The van der Waals surface area contributed by atoms with E-state index in [2.05, 4.69) is 4.90 Å². The fraction of sp³-hybridized carbons (Fsp3) is 0.625. The summed E-state index contributed by atoms with van der Waals surface area (Å²) in [5, 5.41) is 10.1. The molecular formula is C16H24N2O2. The van der Waals surface area contributed by atoms with Crippen molar-refractivity contribution in [2.75, 3.05) is 32.0 Å². The van der Waals surface area contributed by atoms with E-state index in [1.165, 1.54) is 19.3 Å². The third kappa shape index (κ3) is 3.25. The minimum Gasteiger partial charge on any atom is -0.491 e. The number of likely N-dealkylation sites (tertiary alicyclic amines) is 1. The van der Waals surface area contributed by atoms with Gasteiger partial charge in [-0.3, -0.25) is 0 Å². The topological polar surface area (TPSA) is 58.7 Å². The molecule has 1 aliphatic heterocycles. The molecule has 3 atom stereocenters. The number of ether oxygens (including phenoxy) is 1. The Morgan fingerprint density at radius 1 is 1.20 bits per heavy atom. The first kappa shape index (κ1) is 13.7. The van der Waals surface area contributed by atoms with E-state index in [1.807, 2.05) is 24.3 Å². The second-order valence-electron chi connectivity index (χ2n) is 6.20. The van der Waals surface area contributed by atoms with E-state index >= 15 is 0 Å². The maximum absolute atomic E-state index is 10.1. The molecule has 0 aromatic heterocycles. The van der Waals surface area contributed by atoms with Gasteiger partial charge in [-0.2, -0.15) is 0 Å². The third-order valence-electron chi connectivity index (χ3n) is 4.59. The highest BCUT2D eigenvalue weighted by atomic mass is 16.5. The SMILES string of the molecule is Nc1ccc(OCC(O)CN2CC3CCCC3C2)cc1. The van der Waals surface area contributed by atoms with E-state index in [1.54, 1.807) is 0 Å². The molecule has 1 heterocycles. The zero-order chi connectivity index (χ0) is 13.9. The fourth-order valence-electron chi connectivity index (χ4n) is 3.59. The van der Waals surface area contributed by atoms with Gasteiger partial charge in [-0.25, -0.2) is 0 Å². The summed E-state index contributed by atoms with van der Waals surface area (Å²) < 4.78 is 5.59. The van der Waals surface area contributed by atoms with Gasteiger partial charge in [0.05, 0.1) is 0 Å². The second kappa shape index (κ2) is 6.02. The van der Waals surface area contributed by atoms with Crippen molar-refractivity contribution in [1.29, 1.82) is 0 Å². The summed E-state index contributed by atoms with van der Waals surface area (Å²) in [5.41, 5.74) is 6.35. The first-order valence-electron chi connectivity index (χ1n) is 7.59. The van der Waals surface area contributed by atoms with E-state index in [0.717, 1.165) is 42.9 Å². The van der Waals surface area contributed by atoms with Crippen LogP contribution >= 0.6 is 0 Å². The van der Waals surface area contributed by atoms with Crippen LogP contribution in [0.25, 0.3) is 0 Å². The van der Waals surface area contributed by atoms with Crippen molar-refractivity contribution in [2.24, 2.45) is 11.8 Å². The van der Waals surface area contributed by atoms with E-state index in [9.17, 15) is 5.11 Å². The predicted molar refractivity (Wildman–Crippen MR) is 79.6 cm³/mol. The Hall–Kier alpha value is -1.26. The van der Waals surface area contributed by atoms with Gasteiger partial charge in [0.2, 0.25) is 0 Å². The number of fused-ring (bicyclic) bond motifs is 1. The molecule has 4 heteroatoms. The van der Waals surface area contributed by atoms with Gasteiger partial charge in [-0.1, -0.05) is 6.42 Å². The summed E-state index contributed by atoms with van der Waals surface area (Å²) in [7, 11) is 0. The number of hydrogen-bond acceptors (Lipinski definition) is 4. The number of β-amino-alcohol motifs (C(OH)–C–C–N with tert-alkyl or cyclic N) is 1. The molecule has 3 rings (SSSR count). The lowest BCUT2D eigenvalue weighted by molar-refractivity contribution is 0.0734. The van der Waals surface area contributed by atoms with Gasteiger partial charge in [0.15, 0.2) is 0 Å². The molecule has 1 aromatic carbocycles. The lowest BCUT2D eigenvalue weighted by atomic mass is 10.0. The first-order chi connectivity index (χ1) is 9.70. The molecule has 20 heavy (non-hydrogen) atoms. The summed E-state index contributed by atoms with van der Waals surface area (Å²) in [5.74, 6) is 2.51. The van der Waals surface area contributed by atoms with Gasteiger partial charge in [-0.05, 0) is 48.9 Å². The average molecular weight is 276 g/mol. The van der Waals surface area contributed by atoms with Crippen LogP contribution in [0.3, 0.4) is 0 Å². The summed E-state index contributed by atoms with van der Waals surface area (Å²) in [4.78, 5) is 2.39. The van der Waals surface area contributed by atoms with E-state index < -0.39 is 6.10 Å². The van der Waals surface area contributed by atoms with Crippen molar-refractivity contribution in [3.63, 3.8) is 0 Å². The lowest BCUT2D eigenvalue weighted by Crippen LogP contribution is -2.34. The van der Waals surface area contributed by atoms with Crippen molar-refractivity contribution in [2.45, 2.75) is 25.4 Å². The van der Waals surface area contributed by atoms with E-state index in [0.29, 0.717) is 6.61 Å². The predicted octanol–water partition coefficient (Wildman–Crippen LogP) is 1.74. The molecule has 1 aromatic rings. The van der Waals surface area contributed by atoms with Crippen LogP contribution in [0.15, 0.2) is 24.3 Å². The van der Waals surface area contributed by atoms with E-state index in [-0.39, 0.29) is 0 Å². The van der Waals surface area contributed by atoms with Crippen LogP contribution in [0.5, 0.6) is 5.75 Å². The summed E-state index contributed by atoms with van der Waals surface area (Å²) in [6.45, 7) is 3.38. The Labute approximate surface area is 120 Å². The Morgan fingerprint density at radius 3 is 2.50 bits per heavy atom. The molecule has 0 amide bonds. The zero-order valence-corrected chi connectivity index (χ0v) is 11.9. The van der Waals surface area contributed by atoms with Crippen LogP contribution in [-0.2, 0) is 0 Å². The number of benzene rings is 1. The highest BCUT2D eigenvalue weighted by Crippen LogP contribution is 2.37. The smallest absolute Gasteiger partial charge is 0.119 e. The molecule has 0 spiro atoms. The highest BCUT2D eigenvalue weighted by Gasteiger charge is 2.36. The number of hydrogen-bond donors (Lipinski definition) is 2. The zero-order valence-electron chi connectivity index (χ0n) is 11.9. The Balaban J connectivity index is 1.41. The molecule has 3 N–H and O–H groups in total. The highest BCUT2D eigenvalue weighted by molar-refractivity contribution is 5.41. The summed E-state index contributed by atoms with van der Waals surface area (Å²) >= 11 is 0. The van der Waals surface area contributed by atoms with Crippen molar-refractivity contribution in [3.05, 3.63) is 24.3 Å². The van der Waals surface area contributed by atoms with E-state index in [4.69, 9.17) is 10.5 Å². The number of anilines is 1. The van der Waals surface area contributed by atoms with Gasteiger partial charge in [0.1, 0.15) is 18.5 Å². The lowest BCUT2D eigenvalue weighted by Gasteiger charge is -2.21. The van der Waals surface area contributed by atoms with Crippen LogP contribution < -0.4 is 10.5 Å². The number of aliphatic hydroxyl groups excluding tert-OH is 1. The van der Waals surface area contributed by atoms with Crippen molar-refractivity contribution < 1.29 is 9.84 Å². The number of nitrogen functional groups attached to an aromatic ring is 1. The largest absolute Gasteiger partial charge is 0.491 e. The van der Waals surface area contributed by atoms with Crippen LogP contribution in [0.4, 0.5) is 5.69 Å². The molecule has 2 fully saturated rings. The molecular weight excluding hydrogens is 252 g/mol. The Bertz CT molecular complexity index is 423. The molecule has 110 valence electrons. The molecule has 4 nitrogen and oxygen atoms in total. The molecule has 3 unspecified atom stereocenters. The minimum atomic E-state index is -0.425. The van der Waals surface area contributed by atoms with Gasteiger partial charge >= 0.3 is 0 Å². The van der Waals surface area contributed by atoms with Gasteiger partial charge in [0, 0.05) is 25.3 Å². The molecule has 2 aliphatic rings. The third-order valence-corrected chi connectivity index (χ3v) is 4.59. The molecule has 1 aliphatic carbocycles. The van der Waals surface area contributed by atoms with Crippen LogP contribution in [0.1, 0.15) is 19.3 Å². The van der Waals surface area contributed by atoms with Crippen LogP contribution in [0.2, 0.25) is 0 Å². The number of nitrogens with zero attached hydrogens (tertiary/aromatic N) is 1. The van der Waals surface area contributed by atoms with Crippen molar-refractivity contribution in [1.82, 2.24) is 4.90 Å². The molecule has 0 bridgehead atoms. The van der Waals surface area contributed by atoms with Crippen molar-refractivity contribution >= 4 is 5.69 Å². The molecule has 1 saturated heterocycles. The quantitative estimate of drug-likeness (QED) is 0.804. The van der Waals surface area contributed by atoms with Gasteiger partial charge in [-0.15, -0.1) is 0 Å². The Morgan fingerprint density at radius 2 is 1.85 bits per heavy atom. The summed E-state index contributed by atoms with van der Waals surface area (Å²) in [6.07, 6.45) is 3.72. The maximum Gasteiger partial charge on any atom is 0.119 e. The summed E-state index contributed by atoms with van der Waals surface area (Å²) in [6, 6.07) is 7.29. The standard InChI is InChI=1S/C16H24N2O2/c17-14-4-6-16(7-5-14)20-11-15(19)10-18-8-12-2-1-3-13(12)9-18/h4-7,12-13,15,19H,1-3,8-11,17H2. The maximum atomic E-state index is 10.1. The minimum absolute atomic E-state index is 0.343. The average Bonchev–Trinajstić information content (AvgIpc) is 2.99. The molecule has 1 saturated carbocycles. The van der Waals surface area contributed by atoms with Crippen molar-refractivity contribution in [3.8, 4) is 5.75 Å². The van der Waals surface area contributed by atoms with Crippen LogP contribution in [0, 0.1) is 11.8 Å². The van der Waals surface area contributed by atoms with Gasteiger partial charge < -0.3 is 20.5 Å². The number of rotatable bonds is 5. The monoisotopic (exact) mass is 276 g/mol. The number of nitrogens with two attached hydrogens (primary N) is 1. The van der Waals surface area contributed by atoms with Gasteiger partial charge in [0.25, 0.3) is 0 Å². The second-order valence-corrected chi connectivity index (χ2v) is 6.20. The first-order valence-corrected chi connectivity index (χ1v) is 7.59.